The van der Waals surface area contributed by atoms with E-state index in [1.54, 1.807) is 7.11 Å². The fourth-order valence-corrected chi connectivity index (χ4v) is 5.80. The second kappa shape index (κ2) is 9.23. The number of hydrogen-bond acceptors (Lipinski definition) is 6. The Morgan fingerprint density at radius 1 is 1.00 bits per heavy atom. The number of nitrogens with zero attached hydrogens (tertiary/aromatic N) is 4. The first-order valence-corrected chi connectivity index (χ1v) is 11.8. The molecule has 0 amide bonds. The number of nitrogens with two attached hydrogens (primary N) is 1. The van der Waals surface area contributed by atoms with Crippen LogP contribution in [0.25, 0.3) is 10.8 Å². The first kappa shape index (κ1) is 23.2. The third kappa shape index (κ3) is 3.50. The summed E-state index contributed by atoms with van der Waals surface area (Å²) in [5.74, 6) is -0.333. The van der Waals surface area contributed by atoms with E-state index in [9.17, 15) is 15.8 Å². The van der Waals surface area contributed by atoms with Crippen LogP contribution in [0.2, 0.25) is 0 Å². The predicted molar refractivity (Wildman–Crippen MR) is 137 cm³/mol. The molecule has 36 heavy (non-hydrogen) atoms. The van der Waals surface area contributed by atoms with Gasteiger partial charge in [0.05, 0.1) is 30.5 Å². The molecule has 6 heteroatoms. The summed E-state index contributed by atoms with van der Waals surface area (Å²) in [5.41, 5.74) is 7.84. The van der Waals surface area contributed by atoms with Gasteiger partial charge in [0, 0.05) is 37.0 Å². The normalized spacial score (nSPS) is 21.0. The highest BCUT2D eigenvalue weighted by Gasteiger charge is 2.55. The molecule has 5 rings (SSSR count). The Morgan fingerprint density at radius 2 is 1.72 bits per heavy atom. The van der Waals surface area contributed by atoms with Crippen LogP contribution in [0.5, 0.6) is 5.75 Å². The molecular weight excluding hydrogens is 446 g/mol. The minimum absolute atomic E-state index is 0.0222. The number of rotatable bonds is 4. The van der Waals surface area contributed by atoms with Gasteiger partial charge < -0.3 is 10.5 Å². The first-order chi connectivity index (χ1) is 17.6. The Hall–Kier alpha value is -4.57. The smallest absolute Gasteiger partial charge is 0.191 e. The molecule has 0 radical (unpaired) electrons. The fraction of sp³-hybridized carbons (Fsp3) is 0.233. The van der Waals surface area contributed by atoms with Gasteiger partial charge in [-0.05, 0) is 28.0 Å². The number of benzene rings is 3. The number of fused-ring (bicyclic) bond motifs is 2. The van der Waals surface area contributed by atoms with Crippen molar-refractivity contribution < 1.29 is 4.74 Å². The van der Waals surface area contributed by atoms with Crippen LogP contribution >= 0.6 is 0 Å². The summed E-state index contributed by atoms with van der Waals surface area (Å²) >= 11 is 0. The minimum atomic E-state index is -1.72. The SMILES string of the molecule is COc1ccc2ccccc2c1[C@@H]1[C@@H]2CN(Cc3ccccc3)CC=C2C(C#N)=C(N)C1(C#N)C#N. The fourth-order valence-electron chi connectivity index (χ4n) is 5.80. The van der Waals surface area contributed by atoms with Crippen molar-refractivity contribution in [3.63, 3.8) is 0 Å². The van der Waals surface area contributed by atoms with Crippen LogP contribution in [-0.2, 0) is 6.54 Å². The number of methoxy groups -OCH3 is 1. The first-order valence-electron chi connectivity index (χ1n) is 11.8. The van der Waals surface area contributed by atoms with Gasteiger partial charge in [-0.2, -0.15) is 15.8 Å². The Labute approximate surface area is 210 Å². The average Bonchev–Trinajstić information content (AvgIpc) is 2.93. The predicted octanol–water partition coefficient (Wildman–Crippen LogP) is 4.77. The van der Waals surface area contributed by atoms with Gasteiger partial charge in [-0.15, -0.1) is 0 Å². The zero-order chi connectivity index (χ0) is 25.3. The summed E-state index contributed by atoms with van der Waals surface area (Å²) in [4.78, 5) is 2.28. The Morgan fingerprint density at radius 3 is 2.42 bits per heavy atom. The summed E-state index contributed by atoms with van der Waals surface area (Å²) in [6.45, 7) is 1.93. The van der Waals surface area contributed by atoms with Crippen molar-refractivity contribution in [2.24, 2.45) is 17.1 Å². The van der Waals surface area contributed by atoms with E-state index >= 15 is 0 Å². The molecule has 6 nitrogen and oxygen atoms in total. The van der Waals surface area contributed by atoms with E-state index in [1.807, 2.05) is 60.7 Å². The highest BCUT2D eigenvalue weighted by Crippen LogP contribution is 2.57. The minimum Gasteiger partial charge on any atom is -0.496 e. The van der Waals surface area contributed by atoms with Crippen molar-refractivity contribution in [1.82, 2.24) is 4.90 Å². The van der Waals surface area contributed by atoms with Crippen LogP contribution in [0.4, 0.5) is 0 Å². The van der Waals surface area contributed by atoms with E-state index in [4.69, 9.17) is 10.5 Å². The lowest BCUT2D eigenvalue weighted by atomic mass is 9.57. The number of hydrogen-bond donors (Lipinski definition) is 1. The van der Waals surface area contributed by atoms with Crippen molar-refractivity contribution >= 4 is 10.8 Å². The van der Waals surface area contributed by atoms with Crippen molar-refractivity contribution in [3.05, 3.63) is 101 Å². The molecule has 3 aromatic rings. The molecule has 0 saturated heterocycles. The lowest BCUT2D eigenvalue weighted by Gasteiger charge is -2.46. The number of ether oxygens (including phenoxy) is 1. The third-order valence-corrected chi connectivity index (χ3v) is 7.45. The van der Waals surface area contributed by atoms with E-state index in [1.165, 1.54) is 5.56 Å². The second-order valence-electron chi connectivity index (χ2n) is 9.26. The van der Waals surface area contributed by atoms with E-state index in [0.717, 1.165) is 21.9 Å². The molecule has 3 aromatic carbocycles. The Balaban J connectivity index is 1.76. The molecule has 2 aliphatic rings. The molecule has 0 saturated carbocycles. The molecular formula is C30H25N5O. The monoisotopic (exact) mass is 471 g/mol. The number of allylic oxidation sites excluding steroid dienone is 2. The summed E-state index contributed by atoms with van der Waals surface area (Å²) in [6, 6.07) is 28.6. The quantitative estimate of drug-likeness (QED) is 0.587. The van der Waals surface area contributed by atoms with Gasteiger partial charge in [0.2, 0.25) is 0 Å². The molecule has 0 unspecified atom stereocenters. The van der Waals surface area contributed by atoms with Gasteiger partial charge in [-0.3, -0.25) is 4.90 Å². The summed E-state index contributed by atoms with van der Waals surface area (Å²) in [5, 5.41) is 33.0. The van der Waals surface area contributed by atoms with Crippen LogP contribution in [-0.4, -0.2) is 25.1 Å². The maximum atomic E-state index is 10.5. The molecule has 0 aromatic heterocycles. The van der Waals surface area contributed by atoms with E-state index in [0.29, 0.717) is 25.4 Å². The molecule has 1 heterocycles. The van der Waals surface area contributed by atoms with Crippen molar-refractivity contribution in [3.8, 4) is 24.0 Å². The molecule has 176 valence electrons. The summed E-state index contributed by atoms with van der Waals surface area (Å²) < 4.78 is 5.81. The Bertz CT molecular complexity index is 1500. The standard InChI is InChI=1S/C30H25N5O/c1-36-26-12-11-21-9-5-6-10-22(21)27(26)28-25-17-35(16-20-7-3-2-4-8-20)14-13-23(25)24(15-31)29(34)30(28,18-32)19-33/h2-13,25,28H,14,16-17,34H2,1H3/t25-,28+/m1/s1. The van der Waals surface area contributed by atoms with Gasteiger partial charge in [-0.1, -0.05) is 66.7 Å². The molecule has 2 atom stereocenters. The van der Waals surface area contributed by atoms with Gasteiger partial charge >= 0.3 is 0 Å². The lowest BCUT2D eigenvalue weighted by molar-refractivity contribution is 0.200. The highest BCUT2D eigenvalue weighted by molar-refractivity contribution is 5.89. The summed E-state index contributed by atoms with van der Waals surface area (Å²) in [7, 11) is 1.59. The molecule has 0 fully saturated rings. The van der Waals surface area contributed by atoms with Gasteiger partial charge in [0.1, 0.15) is 11.8 Å². The van der Waals surface area contributed by atoms with Crippen LogP contribution in [0.15, 0.2) is 89.6 Å². The summed E-state index contributed by atoms with van der Waals surface area (Å²) in [6.07, 6.45) is 2.03. The van der Waals surface area contributed by atoms with E-state index < -0.39 is 11.3 Å². The van der Waals surface area contributed by atoms with Crippen LogP contribution in [0.3, 0.4) is 0 Å². The van der Waals surface area contributed by atoms with E-state index in [-0.39, 0.29) is 17.2 Å². The topological polar surface area (TPSA) is 110 Å². The largest absolute Gasteiger partial charge is 0.496 e. The van der Waals surface area contributed by atoms with Gasteiger partial charge in [-0.25, -0.2) is 0 Å². The number of nitriles is 3. The second-order valence-corrected chi connectivity index (χ2v) is 9.26. The van der Waals surface area contributed by atoms with Crippen LogP contribution in [0.1, 0.15) is 17.0 Å². The van der Waals surface area contributed by atoms with Crippen LogP contribution < -0.4 is 10.5 Å². The average molecular weight is 472 g/mol. The van der Waals surface area contributed by atoms with Crippen molar-refractivity contribution in [2.45, 2.75) is 12.5 Å². The molecule has 1 aliphatic heterocycles. The van der Waals surface area contributed by atoms with Crippen LogP contribution in [0, 0.1) is 45.3 Å². The zero-order valence-electron chi connectivity index (χ0n) is 20.0. The highest BCUT2D eigenvalue weighted by atomic mass is 16.5. The Kier molecular flexibility index (Phi) is 5.95. The maximum absolute atomic E-state index is 10.5. The molecule has 2 N–H and O–H groups in total. The van der Waals surface area contributed by atoms with Gasteiger partial charge in [0.25, 0.3) is 0 Å². The zero-order valence-corrected chi connectivity index (χ0v) is 20.0. The molecule has 1 aliphatic carbocycles. The van der Waals surface area contributed by atoms with Crippen molar-refractivity contribution in [2.75, 3.05) is 20.2 Å². The lowest BCUT2D eigenvalue weighted by Crippen LogP contribution is -2.48. The van der Waals surface area contributed by atoms with Crippen molar-refractivity contribution in [1.29, 1.82) is 15.8 Å². The van der Waals surface area contributed by atoms with Gasteiger partial charge in [0.15, 0.2) is 5.41 Å². The molecule has 0 bridgehead atoms. The van der Waals surface area contributed by atoms with E-state index in [2.05, 4.69) is 35.2 Å². The third-order valence-electron chi connectivity index (χ3n) is 7.45. The molecule has 0 spiro atoms. The maximum Gasteiger partial charge on any atom is 0.191 e.